The number of carbonyl (C=O) groups is 2. The first-order valence-corrected chi connectivity index (χ1v) is 5.80. The third-order valence-corrected chi connectivity index (χ3v) is 2.55. The van der Waals surface area contributed by atoms with Crippen molar-refractivity contribution >= 4 is 11.8 Å². The number of hydrogen-bond acceptors (Lipinski definition) is 3. The SMILES string of the molecule is CC(C)C(=O)c1ccc(OC(C)(C)C(=O)O)cc1. The topological polar surface area (TPSA) is 63.6 Å². The molecule has 1 N–H and O–H groups in total. The second kappa shape index (κ2) is 5.21. The molecule has 0 aliphatic heterocycles. The van der Waals surface area contributed by atoms with E-state index < -0.39 is 11.6 Å². The van der Waals surface area contributed by atoms with Gasteiger partial charge in [0.1, 0.15) is 5.75 Å². The maximum atomic E-state index is 11.7. The lowest BCUT2D eigenvalue weighted by Crippen LogP contribution is -2.37. The van der Waals surface area contributed by atoms with E-state index in [1.54, 1.807) is 24.3 Å². The molecule has 1 aromatic rings. The molecule has 0 aliphatic carbocycles. The van der Waals surface area contributed by atoms with Crippen molar-refractivity contribution in [2.45, 2.75) is 33.3 Å². The number of carbonyl (C=O) groups excluding carboxylic acids is 1. The first-order chi connectivity index (χ1) is 8.24. The number of ketones is 1. The number of rotatable bonds is 5. The van der Waals surface area contributed by atoms with Gasteiger partial charge in [0.15, 0.2) is 11.4 Å². The minimum Gasteiger partial charge on any atom is -0.478 e. The summed E-state index contributed by atoms with van der Waals surface area (Å²) in [5.74, 6) is -0.612. The van der Waals surface area contributed by atoms with Gasteiger partial charge in [-0.25, -0.2) is 4.79 Å². The van der Waals surface area contributed by atoms with Crippen LogP contribution >= 0.6 is 0 Å². The average Bonchev–Trinajstić information content (AvgIpc) is 2.28. The van der Waals surface area contributed by atoms with E-state index in [9.17, 15) is 9.59 Å². The molecule has 0 bridgehead atoms. The quantitative estimate of drug-likeness (QED) is 0.816. The third-order valence-electron chi connectivity index (χ3n) is 2.55. The second-order valence-electron chi connectivity index (χ2n) is 4.96. The summed E-state index contributed by atoms with van der Waals surface area (Å²) in [5.41, 5.74) is -0.686. The third kappa shape index (κ3) is 3.32. The van der Waals surface area contributed by atoms with Crippen molar-refractivity contribution in [2.24, 2.45) is 5.92 Å². The first kappa shape index (κ1) is 14.2. The largest absolute Gasteiger partial charge is 0.478 e. The van der Waals surface area contributed by atoms with E-state index in [1.807, 2.05) is 13.8 Å². The Morgan fingerprint density at radius 2 is 1.67 bits per heavy atom. The van der Waals surface area contributed by atoms with Crippen molar-refractivity contribution < 1.29 is 19.4 Å². The highest BCUT2D eigenvalue weighted by atomic mass is 16.5. The number of Topliss-reactive ketones (excluding diaryl/α,β-unsaturated/α-hetero) is 1. The molecule has 0 atom stereocenters. The molecule has 18 heavy (non-hydrogen) atoms. The first-order valence-electron chi connectivity index (χ1n) is 5.80. The molecule has 0 heterocycles. The molecule has 98 valence electrons. The Morgan fingerprint density at radius 3 is 2.06 bits per heavy atom. The van der Waals surface area contributed by atoms with Crippen LogP contribution in [0.3, 0.4) is 0 Å². The minimum atomic E-state index is -1.29. The lowest BCUT2D eigenvalue weighted by molar-refractivity contribution is -0.152. The van der Waals surface area contributed by atoms with Crippen LogP contribution < -0.4 is 4.74 Å². The van der Waals surface area contributed by atoms with Gasteiger partial charge in [0.05, 0.1) is 0 Å². The smallest absolute Gasteiger partial charge is 0.347 e. The standard InChI is InChI=1S/C14H18O4/c1-9(2)12(15)10-5-7-11(8-6-10)18-14(3,4)13(16)17/h5-9H,1-4H3,(H,16,17). The Morgan fingerprint density at radius 1 is 1.17 bits per heavy atom. The lowest BCUT2D eigenvalue weighted by Gasteiger charge is -2.21. The van der Waals surface area contributed by atoms with Gasteiger partial charge in [0.25, 0.3) is 0 Å². The Labute approximate surface area is 107 Å². The van der Waals surface area contributed by atoms with Crippen LogP contribution in [0, 0.1) is 5.92 Å². The number of ether oxygens (including phenoxy) is 1. The van der Waals surface area contributed by atoms with Gasteiger partial charge in [-0.2, -0.15) is 0 Å². The molecular weight excluding hydrogens is 232 g/mol. The van der Waals surface area contributed by atoms with Crippen LogP contribution in [0.5, 0.6) is 5.75 Å². The number of hydrogen-bond donors (Lipinski definition) is 1. The zero-order valence-corrected chi connectivity index (χ0v) is 11.1. The number of carboxylic acid groups (broad SMARTS) is 1. The van der Waals surface area contributed by atoms with Crippen LogP contribution in [0.1, 0.15) is 38.1 Å². The Balaban J connectivity index is 2.84. The summed E-state index contributed by atoms with van der Waals surface area (Å²) < 4.78 is 5.35. The molecule has 4 heteroatoms. The van der Waals surface area contributed by atoms with Crippen molar-refractivity contribution in [1.82, 2.24) is 0 Å². The van der Waals surface area contributed by atoms with Crippen LogP contribution in [0.2, 0.25) is 0 Å². The van der Waals surface area contributed by atoms with E-state index in [1.165, 1.54) is 13.8 Å². The van der Waals surface area contributed by atoms with Crippen molar-refractivity contribution in [2.75, 3.05) is 0 Å². The number of benzene rings is 1. The number of carboxylic acids is 1. The molecule has 0 radical (unpaired) electrons. The Kier molecular flexibility index (Phi) is 4.11. The van der Waals surface area contributed by atoms with Gasteiger partial charge in [-0.1, -0.05) is 13.8 Å². The van der Waals surface area contributed by atoms with E-state index in [2.05, 4.69) is 0 Å². The molecule has 1 aromatic carbocycles. The van der Waals surface area contributed by atoms with E-state index >= 15 is 0 Å². The van der Waals surface area contributed by atoms with Crippen LogP contribution in [0.15, 0.2) is 24.3 Å². The fraction of sp³-hybridized carbons (Fsp3) is 0.429. The molecule has 0 saturated carbocycles. The number of aliphatic carboxylic acids is 1. The minimum absolute atomic E-state index is 0.0547. The molecule has 4 nitrogen and oxygen atoms in total. The van der Waals surface area contributed by atoms with Crippen molar-refractivity contribution in [3.05, 3.63) is 29.8 Å². The van der Waals surface area contributed by atoms with Gasteiger partial charge in [-0.15, -0.1) is 0 Å². The van der Waals surface area contributed by atoms with Gasteiger partial charge in [-0.3, -0.25) is 4.79 Å². The van der Waals surface area contributed by atoms with Crippen LogP contribution in [0.25, 0.3) is 0 Å². The molecule has 0 aliphatic rings. The molecule has 0 unspecified atom stereocenters. The Bertz CT molecular complexity index is 443. The highest BCUT2D eigenvalue weighted by Gasteiger charge is 2.29. The fourth-order valence-electron chi connectivity index (χ4n) is 1.36. The molecule has 0 saturated heterocycles. The summed E-state index contributed by atoms with van der Waals surface area (Å²) in [6.45, 7) is 6.62. The van der Waals surface area contributed by atoms with Crippen LogP contribution in [0.4, 0.5) is 0 Å². The molecule has 0 amide bonds. The van der Waals surface area contributed by atoms with Crippen LogP contribution in [-0.4, -0.2) is 22.5 Å². The molecule has 0 fully saturated rings. The highest BCUT2D eigenvalue weighted by Crippen LogP contribution is 2.20. The summed E-state index contributed by atoms with van der Waals surface area (Å²) in [4.78, 5) is 22.6. The molecule has 0 spiro atoms. The van der Waals surface area contributed by atoms with Gasteiger partial charge in [0.2, 0.25) is 0 Å². The fourth-order valence-corrected chi connectivity index (χ4v) is 1.36. The second-order valence-corrected chi connectivity index (χ2v) is 4.96. The molecule has 0 aromatic heterocycles. The van der Waals surface area contributed by atoms with Crippen molar-refractivity contribution in [1.29, 1.82) is 0 Å². The Hall–Kier alpha value is -1.84. The highest BCUT2D eigenvalue weighted by molar-refractivity contribution is 5.97. The van der Waals surface area contributed by atoms with E-state index in [-0.39, 0.29) is 11.7 Å². The maximum absolute atomic E-state index is 11.7. The molecule has 1 rings (SSSR count). The zero-order valence-electron chi connectivity index (χ0n) is 11.1. The summed E-state index contributed by atoms with van der Waals surface area (Å²) in [5, 5.41) is 8.94. The summed E-state index contributed by atoms with van der Waals surface area (Å²) in [6, 6.07) is 6.52. The maximum Gasteiger partial charge on any atom is 0.347 e. The van der Waals surface area contributed by atoms with Gasteiger partial charge < -0.3 is 9.84 Å². The monoisotopic (exact) mass is 250 g/mol. The van der Waals surface area contributed by atoms with Crippen LogP contribution in [-0.2, 0) is 4.79 Å². The van der Waals surface area contributed by atoms with Gasteiger partial charge in [-0.05, 0) is 38.1 Å². The zero-order chi connectivity index (χ0) is 13.9. The summed E-state index contributed by atoms with van der Waals surface area (Å²) in [6.07, 6.45) is 0. The predicted molar refractivity (Wildman–Crippen MR) is 68.0 cm³/mol. The summed E-state index contributed by atoms with van der Waals surface area (Å²) in [7, 11) is 0. The van der Waals surface area contributed by atoms with E-state index in [0.29, 0.717) is 11.3 Å². The average molecular weight is 250 g/mol. The lowest BCUT2D eigenvalue weighted by atomic mass is 10.0. The molecular formula is C14H18O4. The predicted octanol–water partition coefficient (Wildman–Crippen LogP) is 2.77. The van der Waals surface area contributed by atoms with Gasteiger partial charge >= 0.3 is 5.97 Å². The normalized spacial score (nSPS) is 11.4. The van der Waals surface area contributed by atoms with E-state index in [4.69, 9.17) is 9.84 Å². The van der Waals surface area contributed by atoms with Crippen molar-refractivity contribution in [3.8, 4) is 5.75 Å². The van der Waals surface area contributed by atoms with E-state index in [0.717, 1.165) is 0 Å². The summed E-state index contributed by atoms with van der Waals surface area (Å²) >= 11 is 0. The van der Waals surface area contributed by atoms with Gasteiger partial charge in [0, 0.05) is 11.5 Å². The van der Waals surface area contributed by atoms with Crippen molar-refractivity contribution in [3.63, 3.8) is 0 Å².